The second kappa shape index (κ2) is 17.9. The van der Waals surface area contributed by atoms with Crippen LogP contribution in [0.25, 0.3) is 0 Å². The van der Waals surface area contributed by atoms with Crippen LogP contribution >= 0.6 is 0 Å². The van der Waals surface area contributed by atoms with E-state index < -0.39 is 0 Å². The van der Waals surface area contributed by atoms with Crippen LogP contribution in [0.4, 0.5) is 0 Å². The summed E-state index contributed by atoms with van der Waals surface area (Å²) < 4.78 is 0. The Hall–Kier alpha value is 2.47. The van der Waals surface area contributed by atoms with Crippen LogP contribution in [0.15, 0.2) is 0 Å². The van der Waals surface area contributed by atoms with Crippen LogP contribution in [-0.2, 0) is 36.5 Å². The zero-order valence-corrected chi connectivity index (χ0v) is 9.66. The van der Waals surface area contributed by atoms with Gasteiger partial charge in [-0.1, -0.05) is 0 Å². The minimum absolute atomic E-state index is 0. The Morgan fingerprint density at radius 1 is 1.00 bits per heavy atom. The van der Waals surface area contributed by atoms with Gasteiger partial charge < -0.3 is 0 Å². The molecule has 0 spiro atoms. The number of rotatable bonds is 0. The van der Waals surface area contributed by atoms with E-state index in [2.05, 4.69) is 0 Å². The van der Waals surface area contributed by atoms with Gasteiger partial charge in [-0.25, -0.2) is 0 Å². The van der Waals surface area contributed by atoms with E-state index in [1.54, 1.807) is 0 Å². The largest absolute Gasteiger partial charge is 0 e. The SMILES string of the molecule is [AlH3].[Cu].[SnH2].[Zn]. The second-order valence-electron chi connectivity index (χ2n) is 0. The van der Waals surface area contributed by atoms with Gasteiger partial charge in [-0.15, -0.1) is 0 Å². The van der Waals surface area contributed by atoms with Crippen LogP contribution in [0, 0.1) is 0 Å². The molecule has 0 nitrogen and oxygen atoms in total. The van der Waals surface area contributed by atoms with Gasteiger partial charge in [0.25, 0.3) is 0 Å². The fourth-order valence-corrected chi connectivity index (χ4v) is 0. The Labute approximate surface area is 76.8 Å². The van der Waals surface area contributed by atoms with E-state index in [0.29, 0.717) is 0 Å². The Morgan fingerprint density at radius 2 is 1.00 bits per heavy atom. The normalized spacial score (nSPS) is 0. The summed E-state index contributed by atoms with van der Waals surface area (Å²) in [4.78, 5) is 0. The van der Waals surface area contributed by atoms with E-state index in [-0.39, 0.29) is 77.8 Å². The third-order valence-electron chi connectivity index (χ3n) is 0. The molecule has 0 rings (SSSR count). The van der Waals surface area contributed by atoms with Gasteiger partial charge in [0.15, 0.2) is 17.4 Å². The average Bonchev–Trinajstić information content (AvgIpc) is 0. The maximum absolute atomic E-state index is 0. The van der Waals surface area contributed by atoms with E-state index in [9.17, 15) is 0 Å². The molecule has 0 aromatic heterocycles. The molecule has 0 saturated carbocycles. The first kappa shape index (κ1) is 31.7. The molecule has 0 aliphatic heterocycles. The fraction of sp³-hybridized carbons (Fsp3) is 0. The maximum atomic E-state index is 0. The Balaban J connectivity index is 0. The van der Waals surface area contributed by atoms with Crippen molar-refractivity contribution in [3.05, 3.63) is 0 Å². The van der Waals surface area contributed by atoms with Crippen molar-refractivity contribution in [1.29, 1.82) is 0 Å². The molecule has 0 aromatic rings. The fourth-order valence-electron chi connectivity index (χ4n) is 0. The van der Waals surface area contributed by atoms with E-state index in [1.807, 2.05) is 0 Å². The molecule has 0 aliphatic carbocycles. The third-order valence-corrected chi connectivity index (χ3v) is 0. The van der Waals surface area contributed by atoms with Crippen molar-refractivity contribution in [2.24, 2.45) is 0 Å². The Morgan fingerprint density at radius 3 is 1.00 bits per heavy atom. The molecule has 4 heteroatoms. The van der Waals surface area contributed by atoms with E-state index in [4.69, 9.17) is 0 Å². The van der Waals surface area contributed by atoms with Gasteiger partial charge in [0, 0.05) is 36.5 Å². The van der Waals surface area contributed by atoms with Gasteiger partial charge in [-0.05, 0) is 0 Å². The van der Waals surface area contributed by atoms with Crippen molar-refractivity contribution in [1.82, 2.24) is 0 Å². The molecular formula is H5AlCuSnZn. The second-order valence-corrected chi connectivity index (χ2v) is 0. The van der Waals surface area contributed by atoms with Crippen molar-refractivity contribution in [3.8, 4) is 0 Å². The summed E-state index contributed by atoms with van der Waals surface area (Å²) in [6.07, 6.45) is 0. The summed E-state index contributed by atoms with van der Waals surface area (Å²) in [7, 11) is 0. The topological polar surface area (TPSA) is 0 Å². The van der Waals surface area contributed by atoms with Gasteiger partial charge in [-0.3, -0.25) is 0 Å². The minimum atomic E-state index is 0. The van der Waals surface area contributed by atoms with Crippen molar-refractivity contribution in [3.63, 3.8) is 0 Å². The van der Waals surface area contributed by atoms with Gasteiger partial charge in [0.05, 0.1) is 0 Å². The molecule has 0 atom stereocenters. The quantitative estimate of drug-likeness (QED) is 0.446. The van der Waals surface area contributed by atoms with Gasteiger partial charge in [0.2, 0.25) is 0 Å². The predicted octanol–water partition coefficient (Wildman–Crippen LogP) is -2.11. The van der Waals surface area contributed by atoms with Crippen molar-refractivity contribution in [2.75, 3.05) is 0 Å². The van der Waals surface area contributed by atoms with E-state index in [1.165, 1.54) is 0 Å². The van der Waals surface area contributed by atoms with Gasteiger partial charge in [0.1, 0.15) is 0 Å². The molecule has 25 valence electrons. The first-order valence-corrected chi connectivity index (χ1v) is 0. The zero-order chi connectivity index (χ0) is 0. The number of hydrogen-bond donors (Lipinski definition) is 0. The van der Waals surface area contributed by atoms with Gasteiger partial charge >= 0.3 is 23.9 Å². The summed E-state index contributed by atoms with van der Waals surface area (Å²) in [5, 5.41) is 0. The van der Waals surface area contributed by atoms with Crippen LogP contribution in [0.5, 0.6) is 0 Å². The molecule has 0 amide bonds. The van der Waals surface area contributed by atoms with Gasteiger partial charge in [-0.2, -0.15) is 0 Å². The van der Waals surface area contributed by atoms with E-state index >= 15 is 0 Å². The molecule has 0 unspecified atom stereocenters. The Kier molecular flexibility index (Phi) is 142. The molecule has 0 fully saturated rings. The summed E-state index contributed by atoms with van der Waals surface area (Å²) in [5.41, 5.74) is 0. The molecular weight excluding hydrogens is 275 g/mol. The van der Waals surface area contributed by atoms with Crippen LogP contribution in [0.1, 0.15) is 0 Å². The minimum Gasteiger partial charge on any atom is 0 e. The molecule has 4 heavy (non-hydrogen) atoms. The third kappa shape index (κ3) is 8.82. The predicted molar refractivity (Wildman–Crippen MR) is 18.5 cm³/mol. The summed E-state index contributed by atoms with van der Waals surface area (Å²) >= 11 is 0. The van der Waals surface area contributed by atoms with Crippen molar-refractivity contribution in [2.45, 2.75) is 0 Å². The number of hydrogen-bond acceptors (Lipinski definition) is 0. The molecule has 0 aromatic carbocycles. The smallest absolute Gasteiger partial charge is 0 e. The average molecular weight is 280 g/mol. The summed E-state index contributed by atoms with van der Waals surface area (Å²) in [5.74, 6) is 0. The monoisotopic (exact) mass is 279 g/mol. The standard InChI is InChI=1S/Al.Cu.Sn.Zn.5H. The molecule has 0 saturated heterocycles. The summed E-state index contributed by atoms with van der Waals surface area (Å²) in [6, 6.07) is 0. The van der Waals surface area contributed by atoms with Crippen LogP contribution < -0.4 is 0 Å². The first-order chi connectivity index (χ1) is 0. The van der Waals surface area contributed by atoms with Crippen molar-refractivity contribution < 1.29 is 36.5 Å². The summed E-state index contributed by atoms with van der Waals surface area (Å²) in [6.45, 7) is 0. The van der Waals surface area contributed by atoms with Crippen LogP contribution in [-0.4, -0.2) is 41.3 Å². The Bertz CT molecular complexity index is 8.00. The van der Waals surface area contributed by atoms with Crippen molar-refractivity contribution >= 4 is 41.3 Å². The molecule has 0 bridgehead atoms. The van der Waals surface area contributed by atoms with Crippen LogP contribution in [0.3, 0.4) is 0 Å². The molecule has 0 heterocycles. The molecule has 0 N–H and O–H groups in total. The zero-order valence-electron chi connectivity index (χ0n) is 1.72. The maximum Gasteiger partial charge on any atom is 0 e. The molecule has 0 aliphatic rings. The first-order valence-electron chi connectivity index (χ1n) is 0. The van der Waals surface area contributed by atoms with Crippen LogP contribution in [0.2, 0.25) is 0 Å². The van der Waals surface area contributed by atoms with E-state index in [0.717, 1.165) is 0 Å². The molecule has 3 radical (unpaired) electrons.